The molecule has 1 fully saturated rings. The first kappa shape index (κ1) is 14.9. The fourth-order valence-electron chi connectivity index (χ4n) is 2.12. The predicted octanol–water partition coefficient (Wildman–Crippen LogP) is 1.75. The summed E-state index contributed by atoms with van der Waals surface area (Å²) in [6, 6.07) is 7.57. The van der Waals surface area contributed by atoms with Gasteiger partial charge in [0.1, 0.15) is 17.3 Å². The van der Waals surface area contributed by atoms with Crippen LogP contribution >= 0.6 is 0 Å². The lowest BCUT2D eigenvalue weighted by Crippen LogP contribution is -2.43. The molecule has 0 bridgehead atoms. The van der Waals surface area contributed by atoms with E-state index in [1.807, 2.05) is 52.0 Å². The highest BCUT2D eigenvalue weighted by atomic mass is 16.7. The molecule has 0 aliphatic carbocycles. The van der Waals surface area contributed by atoms with Crippen molar-refractivity contribution in [3.05, 3.63) is 30.3 Å². The summed E-state index contributed by atoms with van der Waals surface area (Å²) in [5, 5.41) is 0. The van der Waals surface area contributed by atoms with Gasteiger partial charge >= 0.3 is 7.12 Å². The van der Waals surface area contributed by atoms with Crippen LogP contribution in [-0.2, 0) is 14.1 Å². The fourth-order valence-corrected chi connectivity index (χ4v) is 2.12. The van der Waals surface area contributed by atoms with Crippen molar-refractivity contribution in [3.8, 4) is 5.75 Å². The first-order chi connectivity index (χ1) is 9.42. The normalized spacial score (nSPS) is 24.3. The summed E-state index contributed by atoms with van der Waals surface area (Å²) < 4.78 is 17.2. The van der Waals surface area contributed by atoms with Gasteiger partial charge in [0.25, 0.3) is 0 Å². The lowest BCUT2D eigenvalue weighted by Gasteiger charge is -2.32. The number of carbonyl (C=O) groups excluding carboxylic acids is 1. The van der Waals surface area contributed by atoms with Gasteiger partial charge in [0.05, 0.1) is 12.2 Å². The Hall–Kier alpha value is -1.55. The molecule has 0 radical (unpaired) electrons. The van der Waals surface area contributed by atoms with E-state index in [2.05, 4.69) is 0 Å². The van der Waals surface area contributed by atoms with Crippen molar-refractivity contribution in [2.45, 2.75) is 38.9 Å². The molecular formula is C15H19BO4. The lowest BCUT2D eigenvalue weighted by atomic mass is 9.79. The molecule has 1 heterocycles. The predicted molar refractivity (Wildman–Crippen MR) is 77.9 cm³/mol. The number of hydrogen-bond acceptors (Lipinski definition) is 4. The van der Waals surface area contributed by atoms with E-state index in [1.54, 1.807) is 5.94 Å². The van der Waals surface area contributed by atoms with Crippen LogP contribution in [0.4, 0.5) is 0 Å². The largest absolute Gasteiger partial charge is 0.495 e. The Balaban J connectivity index is 2.21. The maximum absolute atomic E-state index is 10.7. The third kappa shape index (κ3) is 2.66. The van der Waals surface area contributed by atoms with Crippen LogP contribution in [0.15, 0.2) is 30.3 Å². The second-order valence-corrected chi connectivity index (χ2v) is 5.45. The van der Waals surface area contributed by atoms with Crippen molar-refractivity contribution in [1.29, 1.82) is 0 Å². The average molecular weight is 274 g/mol. The molecule has 1 aromatic carbocycles. The van der Waals surface area contributed by atoms with Crippen LogP contribution in [0.5, 0.6) is 5.75 Å². The minimum absolute atomic E-state index is 0.504. The van der Waals surface area contributed by atoms with Crippen LogP contribution in [0.2, 0.25) is 0 Å². The van der Waals surface area contributed by atoms with Crippen molar-refractivity contribution in [2.24, 2.45) is 0 Å². The summed E-state index contributed by atoms with van der Waals surface area (Å²) in [6.07, 6.45) is 1.38. The van der Waals surface area contributed by atoms with Gasteiger partial charge in [-0.1, -0.05) is 12.1 Å². The van der Waals surface area contributed by atoms with Crippen molar-refractivity contribution >= 4 is 18.5 Å². The van der Waals surface area contributed by atoms with Crippen LogP contribution in [0.1, 0.15) is 27.7 Å². The molecule has 2 rings (SSSR count). The highest BCUT2D eigenvalue weighted by molar-refractivity contribution is 6.62. The van der Waals surface area contributed by atoms with E-state index in [4.69, 9.17) is 14.0 Å². The highest BCUT2D eigenvalue weighted by Gasteiger charge is 2.53. The van der Waals surface area contributed by atoms with Gasteiger partial charge in [-0.2, -0.15) is 0 Å². The van der Waals surface area contributed by atoms with E-state index in [0.717, 1.165) is 11.2 Å². The van der Waals surface area contributed by atoms with Gasteiger partial charge in [0.2, 0.25) is 0 Å². The molecule has 0 aromatic heterocycles. The topological polar surface area (TPSA) is 44.8 Å². The number of rotatable bonds is 4. The Labute approximate surface area is 119 Å². The zero-order valence-corrected chi connectivity index (χ0v) is 12.3. The van der Waals surface area contributed by atoms with Crippen molar-refractivity contribution in [2.75, 3.05) is 6.61 Å². The molecule has 1 unspecified atom stereocenters. The van der Waals surface area contributed by atoms with Gasteiger partial charge in [-0.05, 0) is 45.3 Å². The molecule has 20 heavy (non-hydrogen) atoms. The second kappa shape index (κ2) is 5.45. The molecule has 0 N–H and O–H groups in total. The molecule has 0 spiro atoms. The van der Waals surface area contributed by atoms with Crippen LogP contribution in [0, 0.1) is 0 Å². The van der Waals surface area contributed by atoms with Gasteiger partial charge in [-0.25, -0.2) is 4.79 Å². The molecule has 0 saturated carbocycles. The molecule has 1 aliphatic rings. The van der Waals surface area contributed by atoms with Crippen LogP contribution in [-0.4, -0.2) is 30.9 Å². The van der Waals surface area contributed by atoms with E-state index >= 15 is 0 Å². The molecule has 1 aliphatic heterocycles. The number of hydrogen-bond donors (Lipinski definition) is 0. The Bertz CT molecular complexity index is 519. The van der Waals surface area contributed by atoms with E-state index in [1.165, 1.54) is 6.08 Å². The molecule has 5 heteroatoms. The number of benzene rings is 1. The molecule has 0 amide bonds. The van der Waals surface area contributed by atoms with Crippen LogP contribution in [0.25, 0.3) is 0 Å². The van der Waals surface area contributed by atoms with E-state index in [0.29, 0.717) is 6.61 Å². The summed E-state index contributed by atoms with van der Waals surface area (Å²) in [4.78, 5) is 10.7. The van der Waals surface area contributed by atoms with Crippen molar-refractivity contribution in [1.82, 2.24) is 0 Å². The summed E-state index contributed by atoms with van der Waals surface area (Å²) in [7, 11) is -0.504. The minimum Gasteiger partial charge on any atom is -0.494 e. The van der Waals surface area contributed by atoms with Gasteiger partial charge in [-0.3, -0.25) is 0 Å². The van der Waals surface area contributed by atoms with Gasteiger partial charge < -0.3 is 14.0 Å². The third-order valence-electron chi connectivity index (χ3n) is 3.75. The molecule has 1 saturated heterocycles. The summed E-state index contributed by atoms with van der Waals surface area (Å²) in [5.41, 5.74) is -0.504. The lowest BCUT2D eigenvalue weighted by molar-refractivity contribution is 0.0292. The molecule has 106 valence electrons. The second-order valence-electron chi connectivity index (χ2n) is 5.45. The summed E-state index contributed by atoms with van der Waals surface area (Å²) in [5.74, 6) is 2.61. The van der Waals surface area contributed by atoms with Gasteiger partial charge in [0, 0.05) is 6.08 Å². The molecule has 4 nitrogen and oxygen atoms in total. The molecule has 1 aromatic rings. The number of ether oxygens (including phenoxy) is 1. The fraction of sp³-hybridized carbons (Fsp3) is 0.467. The SMILES string of the molecule is CCOc1ccc(B2OC(C)(C)C(C)(C=C=O)O2)cc1. The maximum atomic E-state index is 10.7. The Morgan fingerprint density at radius 2 is 1.90 bits per heavy atom. The molecular weight excluding hydrogens is 255 g/mol. The van der Waals surface area contributed by atoms with E-state index < -0.39 is 18.3 Å². The van der Waals surface area contributed by atoms with Crippen molar-refractivity contribution < 1.29 is 18.8 Å². The quantitative estimate of drug-likeness (QED) is 0.620. The third-order valence-corrected chi connectivity index (χ3v) is 3.75. The smallest absolute Gasteiger partial charge is 0.494 e. The Morgan fingerprint density at radius 1 is 1.25 bits per heavy atom. The monoisotopic (exact) mass is 274 g/mol. The zero-order chi connectivity index (χ0) is 14.8. The average Bonchev–Trinajstić information content (AvgIpc) is 2.62. The maximum Gasteiger partial charge on any atom is 0.495 e. The van der Waals surface area contributed by atoms with E-state index in [9.17, 15) is 4.79 Å². The van der Waals surface area contributed by atoms with Crippen LogP contribution < -0.4 is 10.2 Å². The standard InChI is InChI=1S/C15H19BO4/c1-5-18-13-8-6-12(7-9-13)16-19-14(2,3)15(4,20-16)10-11-17/h6-10H,5H2,1-4H3. The minimum atomic E-state index is -0.794. The Morgan fingerprint density at radius 3 is 2.45 bits per heavy atom. The van der Waals surface area contributed by atoms with Crippen molar-refractivity contribution in [3.63, 3.8) is 0 Å². The molecule has 1 atom stereocenters. The zero-order valence-electron chi connectivity index (χ0n) is 12.3. The van der Waals surface area contributed by atoms with Crippen LogP contribution in [0.3, 0.4) is 0 Å². The Kier molecular flexibility index (Phi) is 4.05. The summed E-state index contributed by atoms with van der Waals surface area (Å²) in [6.45, 7) is 8.19. The van der Waals surface area contributed by atoms with E-state index in [-0.39, 0.29) is 0 Å². The first-order valence-electron chi connectivity index (χ1n) is 6.72. The van der Waals surface area contributed by atoms with Gasteiger partial charge in [-0.15, -0.1) is 0 Å². The first-order valence-corrected chi connectivity index (χ1v) is 6.72. The highest BCUT2D eigenvalue weighted by Crippen LogP contribution is 2.37. The summed E-state index contributed by atoms with van der Waals surface area (Å²) >= 11 is 0. The van der Waals surface area contributed by atoms with Gasteiger partial charge in [0.15, 0.2) is 0 Å².